The lowest BCUT2D eigenvalue weighted by Gasteiger charge is -2.02. The van der Waals surface area contributed by atoms with Gasteiger partial charge in [0.25, 0.3) is 0 Å². The zero-order valence-corrected chi connectivity index (χ0v) is 6.43. The lowest BCUT2D eigenvalue weighted by Crippen LogP contribution is -3.00. The van der Waals surface area contributed by atoms with Gasteiger partial charge in [0.05, 0.1) is 14.1 Å². The number of ketones is 1. The molecule has 0 unspecified atom stereocenters. The second-order valence-electron chi connectivity index (χ2n) is 2.30. The Kier molecular flexibility index (Phi) is 3.68. The first kappa shape index (κ1) is 9.13. The van der Waals surface area contributed by atoms with Crippen LogP contribution in [0.2, 0.25) is 0 Å². The third-order valence-electron chi connectivity index (χ3n) is 0.933. The van der Waals surface area contributed by atoms with Gasteiger partial charge in [-0.2, -0.15) is 0 Å². The van der Waals surface area contributed by atoms with Crippen LogP contribution >= 0.6 is 0 Å². The molecule has 0 rings (SSSR count). The maximum absolute atomic E-state index is 10.6. The third kappa shape index (κ3) is 3.21. The Balaban J connectivity index is 4.19. The molecule has 0 spiro atoms. The Morgan fingerprint density at radius 3 is 2.20 bits per heavy atom. The number of allylic oxidation sites excluding steroid dienone is 1. The van der Waals surface area contributed by atoms with Crippen molar-refractivity contribution in [3.63, 3.8) is 0 Å². The van der Waals surface area contributed by atoms with Gasteiger partial charge in [0, 0.05) is 6.92 Å². The van der Waals surface area contributed by atoms with Crippen LogP contribution in [0.4, 0.5) is 0 Å². The highest BCUT2D eigenvalue weighted by molar-refractivity contribution is 5.91. The standard InChI is InChI=1S/C6H12N2O2/c1-5(9)6(7-10)4-8(2)3/h4,7,10H,1-3H3/p+1. The summed E-state index contributed by atoms with van der Waals surface area (Å²) in [5.41, 5.74) is 2.05. The van der Waals surface area contributed by atoms with Gasteiger partial charge in [-0.3, -0.25) is 15.5 Å². The lowest BCUT2D eigenvalue weighted by atomic mass is 10.3. The SMILES string of the molecule is CC(=O)C(=C[NH+](C)C)NO. The molecule has 0 aromatic heterocycles. The Morgan fingerprint density at radius 1 is 1.60 bits per heavy atom. The molecule has 0 aromatic rings. The third-order valence-corrected chi connectivity index (χ3v) is 0.933. The molecule has 58 valence electrons. The van der Waals surface area contributed by atoms with Crippen molar-refractivity contribution in [3.8, 4) is 0 Å². The molecule has 0 bridgehead atoms. The molecule has 0 heterocycles. The van der Waals surface area contributed by atoms with E-state index in [4.69, 9.17) is 5.21 Å². The van der Waals surface area contributed by atoms with Crippen LogP contribution in [-0.2, 0) is 4.79 Å². The highest BCUT2D eigenvalue weighted by Gasteiger charge is 2.03. The van der Waals surface area contributed by atoms with Gasteiger partial charge in [-0.15, -0.1) is 0 Å². The van der Waals surface area contributed by atoms with Crippen LogP contribution in [0.15, 0.2) is 11.9 Å². The van der Waals surface area contributed by atoms with Crippen molar-refractivity contribution < 1.29 is 14.9 Å². The number of Topliss-reactive ketones (excluding diaryl/α,β-unsaturated/α-hetero) is 1. The summed E-state index contributed by atoms with van der Waals surface area (Å²) in [6.07, 6.45) is 1.59. The number of nitrogens with one attached hydrogen (secondary N) is 2. The minimum absolute atomic E-state index is 0.177. The Bertz CT molecular complexity index is 152. The average molecular weight is 145 g/mol. The molecule has 4 heteroatoms. The fourth-order valence-electron chi connectivity index (χ4n) is 0.501. The first-order valence-corrected chi connectivity index (χ1v) is 3.01. The molecule has 0 aliphatic rings. The highest BCUT2D eigenvalue weighted by Crippen LogP contribution is 1.83. The van der Waals surface area contributed by atoms with Crippen LogP contribution < -0.4 is 10.4 Å². The van der Waals surface area contributed by atoms with E-state index in [2.05, 4.69) is 0 Å². The van der Waals surface area contributed by atoms with E-state index in [1.807, 2.05) is 19.6 Å². The quantitative estimate of drug-likeness (QED) is 0.336. The predicted molar refractivity (Wildman–Crippen MR) is 36.5 cm³/mol. The highest BCUT2D eigenvalue weighted by atomic mass is 16.5. The van der Waals surface area contributed by atoms with Gasteiger partial charge in [0.2, 0.25) is 0 Å². The zero-order valence-electron chi connectivity index (χ0n) is 6.43. The van der Waals surface area contributed by atoms with Crippen molar-refractivity contribution in [3.05, 3.63) is 11.9 Å². The van der Waals surface area contributed by atoms with Crippen LogP contribution in [0.25, 0.3) is 0 Å². The molecule has 0 aliphatic heterocycles. The number of hydrogen-bond donors (Lipinski definition) is 3. The van der Waals surface area contributed by atoms with Crippen molar-refractivity contribution in [2.45, 2.75) is 6.92 Å². The summed E-state index contributed by atoms with van der Waals surface area (Å²) >= 11 is 0. The second-order valence-corrected chi connectivity index (χ2v) is 2.30. The van der Waals surface area contributed by atoms with E-state index in [0.29, 0.717) is 0 Å². The number of hydroxylamine groups is 1. The van der Waals surface area contributed by atoms with Crippen LogP contribution in [0.5, 0.6) is 0 Å². The predicted octanol–water partition coefficient (Wildman–Crippen LogP) is -1.46. The topological polar surface area (TPSA) is 53.8 Å². The summed E-state index contributed by atoms with van der Waals surface area (Å²) < 4.78 is 0. The van der Waals surface area contributed by atoms with E-state index >= 15 is 0 Å². The summed E-state index contributed by atoms with van der Waals surface area (Å²) in [6, 6.07) is 0. The van der Waals surface area contributed by atoms with Gasteiger partial charge >= 0.3 is 0 Å². The van der Waals surface area contributed by atoms with Crippen LogP contribution in [0.3, 0.4) is 0 Å². The van der Waals surface area contributed by atoms with E-state index in [1.165, 1.54) is 6.92 Å². The van der Waals surface area contributed by atoms with Gasteiger partial charge in [-0.05, 0) is 0 Å². The van der Waals surface area contributed by atoms with E-state index in [-0.39, 0.29) is 11.5 Å². The molecule has 10 heavy (non-hydrogen) atoms. The van der Waals surface area contributed by atoms with Crippen molar-refractivity contribution in [1.29, 1.82) is 0 Å². The van der Waals surface area contributed by atoms with Gasteiger partial charge in [-0.25, -0.2) is 0 Å². The molecule has 4 nitrogen and oxygen atoms in total. The Morgan fingerprint density at radius 2 is 2.10 bits per heavy atom. The van der Waals surface area contributed by atoms with E-state index in [9.17, 15) is 4.79 Å². The van der Waals surface area contributed by atoms with Crippen molar-refractivity contribution in [2.24, 2.45) is 0 Å². The summed E-state index contributed by atoms with van der Waals surface area (Å²) in [5, 5.41) is 8.39. The second kappa shape index (κ2) is 4.03. The molecule has 0 aliphatic carbocycles. The van der Waals surface area contributed by atoms with Gasteiger partial charge in [0.15, 0.2) is 11.5 Å². The fraction of sp³-hybridized carbons (Fsp3) is 0.500. The van der Waals surface area contributed by atoms with E-state index < -0.39 is 0 Å². The largest absolute Gasteiger partial charge is 0.312 e. The minimum atomic E-state index is -0.177. The molecular weight excluding hydrogens is 132 g/mol. The van der Waals surface area contributed by atoms with E-state index in [0.717, 1.165) is 4.90 Å². The smallest absolute Gasteiger partial charge is 0.183 e. The first-order valence-electron chi connectivity index (χ1n) is 3.01. The fourth-order valence-corrected chi connectivity index (χ4v) is 0.501. The number of carbonyl (C=O) groups excluding carboxylic acids is 1. The zero-order chi connectivity index (χ0) is 8.15. The monoisotopic (exact) mass is 145 g/mol. The van der Waals surface area contributed by atoms with Crippen LogP contribution in [0.1, 0.15) is 6.92 Å². The van der Waals surface area contributed by atoms with Gasteiger partial charge in [-0.1, -0.05) is 0 Å². The normalized spacial score (nSPS) is 11.9. The number of quaternary nitrogens is 1. The van der Waals surface area contributed by atoms with Gasteiger partial charge in [0.1, 0.15) is 6.20 Å². The van der Waals surface area contributed by atoms with E-state index in [1.54, 1.807) is 6.20 Å². The average Bonchev–Trinajstić information content (AvgIpc) is 1.81. The first-order chi connectivity index (χ1) is 4.57. The van der Waals surface area contributed by atoms with Crippen molar-refractivity contribution >= 4 is 5.78 Å². The van der Waals surface area contributed by atoms with Crippen LogP contribution in [-0.4, -0.2) is 25.1 Å². The lowest BCUT2D eigenvalue weighted by molar-refractivity contribution is -0.802. The summed E-state index contributed by atoms with van der Waals surface area (Å²) in [5.74, 6) is -0.177. The summed E-state index contributed by atoms with van der Waals surface area (Å²) in [7, 11) is 3.70. The van der Waals surface area contributed by atoms with Crippen molar-refractivity contribution in [2.75, 3.05) is 14.1 Å². The maximum Gasteiger partial charge on any atom is 0.183 e. The number of rotatable bonds is 3. The molecule has 0 atom stereocenters. The van der Waals surface area contributed by atoms with Crippen molar-refractivity contribution in [1.82, 2.24) is 5.48 Å². The minimum Gasteiger partial charge on any atom is -0.312 e. The molecule has 0 saturated carbocycles. The Labute approximate surface area is 60.1 Å². The molecule has 0 fully saturated rings. The van der Waals surface area contributed by atoms with Gasteiger partial charge < -0.3 is 4.90 Å². The molecule has 0 amide bonds. The summed E-state index contributed by atoms with van der Waals surface area (Å²) in [4.78, 5) is 11.6. The summed E-state index contributed by atoms with van der Waals surface area (Å²) in [6.45, 7) is 1.39. The maximum atomic E-state index is 10.6. The molecule has 0 aromatic carbocycles. The van der Waals surface area contributed by atoms with Crippen LogP contribution in [0, 0.1) is 0 Å². The molecule has 0 radical (unpaired) electrons. The molecular formula is C6H13N2O2+. The number of hydrogen-bond acceptors (Lipinski definition) is 3. The molecule has 3 N–H and O–H groups in total. The Hall–Kier alpha value is -0.870. The molecule has 0 saturated heterocycles. The number of carbonyl (C=O) groups is 1.